The van der Waals surface area contributed by atoms with Gasteiger partial charge in [-0.3, -0.25) is 4.90 Å². The van der Waals surface area contributed by atoms with E-state index in [1.807, 2.05) is 19.1 Å². The quantitative estimate of drug-likeness (QED) is 0.819. The number of carbonyl (C=O) groups excluding carboxylic acids is 1. The Hall–Kier alpha value is -1.79. The zero-order valence-corrected chi connectivity index (χ0v) is 13.4. The molecule has 1 heterocycles. The number of nitrogens with zero attached hydrogens (tertiary/aromatic N) is 1. The normalized spacial score (nSPS) is 13.9. The summed E-state index contributed by atoms with van der Waals surface area (Å²) in [5.74, 6) is 0. The first-order valence-corrected chi connectivity index (χ1v) is 7.56. The summed E-state index contributed by atoms with van der Waals surface area (Å²) < 4.78 is 15.4. The first-order valence-electron chi connectivity index (χ1n) is 7.56. The Morgan fingerprint density at radius 2 is 2.14 bits per heavy atom. The van der Waals surface area contributed by atoms with Crippen molar-refractivity contribution in [2.24, 2.45) is 0 Å². The second kappa shape index (κ2) is 8.00. The lowest BCUT2D eigenvalue weighted by Crippen LogP contribution is -2.36. The summed E-state index contributed by atoms with van der Waals surface area (Å²) in [4.78, 5) is 13.7. The Morgan fingerprint density at radius 1 is 1.36 bits per heavy atom. The average Bonchev–Trinajstić information content (AvgIpc) is 2.55. The maximum absolute atomic E-state index is 12.0. The topological polar surface area (TPSA) is 60.0 Å². The van der Waals surface area contributed by atoms with Gasteiger partial charge in [-0.25, -0.2) is 4.79 Å². The molecule has 122 valence electrons. The fourth-order valence-electron chi connectivity index (χ4n) is 2.56. The maximum Gasteiger partial charge on any atom is 0.414 e. The Morgan fingerprint density at radius 3 is 2.82 bits per heavy atom. The van der Waals surface area contributed by atoms with Crippen molar-refractivity contribution < 1.29 is 19.0 Å². The lowest BCUT2D eigenvalue weighted by molar-refractivity contribution is -0.0914. The molecule has 0 unspecified atom stereocenters. The minimum Gasteiger partial charge on any atom is -0.449 e. The molecule has 2 rings (SSSR count). The molecular formula is C16H24N2O4. The second-order valence-corrected chi connectivity index (χ2v) is 5.08. The summed E-state index contributed by atoms with van der Waals surface area (Å²) in [5.41, 5.74) is 3.07. The van der Waals surface area contributed by atoms with Crippen molar-refractivity contribution in [2.75, 3.05) is 44.1 Å². The number of fused-ring (bicyclic) bond motifs is 1. The summed E-state index contributed by atoms with van der Waals surface area (Å²) in [6.07, 6.45) is 1.34. The summed E-state index contributed by atoms with van der Waals surface area (Å²) in [6.45, 7) is 3.47. The van der Waals surface area contributed by atoms with Crippen LogP contribution < -0.4 is 10.2 Å². The molecule has 0 spiro atoms. The Labute approximate surface area is 131 Å². The molecule has 6 nitrogen and oxygen atoms in total. The van der Waals surface area contributed by atoms with Crippen LogP contribution in [0.2, 0.25) is 0 Å². The number of carbonyl (C=O) groups is 1. The third-order valence-electron chi connectivity index (χ3n) is 3.68. The van der Waals surface area contributed by atoms with Crippen LogP contribution >= 0.6 is 0 Å². The highest BCUT2D eigenvalue weighted by molar-refractivity contribution is 5.89. The highest BCUT2D eigenvalue weighted by atomic mass is 16.7. The van der Waals surface area contributed by atoms with Crippen LogP contribution in [0.4, 0.5) is 16.2 Å². The molecule has 0 saturated carbocycles. The SMILES string of the molecule is CCOC(=O)N1CCCc2cc(NCC(OC)OC)ccc21. The standard InChI is InChI=1S/C16H24N2O4/c1-4-22-16(19)18-9-5-6-12-10-13(7-8-14(12)18)17-11-15(20-2)21-3/h7-8,10,15,17H,4-6,9,11H2,1-3H3. The molecule has 1 aromatic carbocycles. The van der Waals surface area contributed by atoms with E-state index < -0.39 is 0 Å². The van der Waals surface area contributed by atoms with Crippen molar-refractivity contribution in [3.8, 4) is 0 Å². The number of anilines is 2. The number of aryl methyl sites for hydroxylation is 1. The number of hydrogen-bond donors (Lipinski definition) is 1. The minimum atomic E-state index is -0.285. The third-order valence-corrected chi connectivity index (χ3v) is 3.68. The van der Waals surface area contributed by atoms with Gasteiger partial charge < -0.3 is 19.5 Å². The molecule has 1 aliphatic rings. The van der Waals surface area contributed by atoms with Crippen molar-refractivity contribution in [3.63, 3.8) is 0 Å². The smallest absolute Gasteiger partial charge is 0.414 e. The molecule has 1 aliphatic heterocycles. The van der Waals surface area contributed by atoms with Gasteiger partial charge in [-0.2, -0.15) is 0 Å². The zero-order valence-electron chi connectivity index (χ0n) is 13.4. The molecule has 1 N–H and O–H groups in total. The van der Waals surface area contributed by atoms with Crippen LogP contribution in [0.1, 0.15) is 18.9 Å². The van der Waals surface area contributed by atoms with Gasteiger partial charge in [0.25, 0.3) is 0 Å². The van der Waals surface area contributed by atoms with E-state index in [4.69, 9.17) is 14.2 Å². The monoisotopic (exact) mass is 308 g/mol. The molecular weight excluding hydrogens is 284 g/mol. The number of rotatable bonds is 6. The maximum atomic E-state index is 12.0. The molecule has 1 amide bonds. The number of benzene rings is 1. The average molecular weight is 308 g/mol. The lowest BCUT2D eigenvalue weighted by atomic mass is 10.0. The number of nitrogens with one attached hydrogen (secondary N) is 1. The summed E-state index contributed by atoms with van der Waals surface area (Å²) in [6, 6.07) is 5.99. The van der Waals surface area contributed by atoms with Gasteiger partial charge in [-0.05, 0) is 43.5 Å². The van der Waals surface area contributed by atoms with Gasteiger partial charge >= 0.3 is 6.09 Å². The Bertz CT molecular complexity index is 503. The van der Waals surface area contributed by atoms with E-state index in [2.05, 4.69) is 11.4 Å². The summed E-state index contributed by atoms with van der Waals surface area (Å²) >= 11 is 0. The van der Waals surface area contributed by atoms with Gasteiger partial charge in [0, 0.05) is 26.5 Å². The van der Waals surface area contributed by atoms with Crippen LogP contribution in [0.25, 0.3) is 0 Å². The molecule has 22 heavy (non-hydrogen) atoms. The van der Waals surface area contributed by atoms with Crippen LogP contribution in [-0.2, 0) is 20.6 Å². The number of hydrogen-bond acceptors (Lipinski definition) is 5. The fraction of sp³-hybridized carbons (Fsp3) is 0.562. The van der Waals surface area contributed by atoms with Gasteiger partial charge in [-0.1, -0.05) is 0 Å². The molecule has 1 aromatic rings. The number of methoxy groups -OCH3 is 2. The molecule has 0 aliphatic carbocycles. The summed E-state index contributed by atoms with van der Waals surface area (Å²) in [7, 11) is 3.22. The van der Waals surface area contributed by atoms with Crippen LogP contribution in [0.15, 0.2) is 18.2 Å². The van der Waals surface area contributed by atoms with Crippen LogP contribution in [0.5, 0.6) is 0 Å². The lowest BCUT2D eigenvalue weighted by Gasteiger charge is -2.29. The van der Waals surface area contributed by atoms with Crippen molar-refractivity contribution in [3.05, 3.63) is 23.8 Å². The van der Waals surface area contributed by atoms with Gasteiger partial charge in [0.2, 0.25) is 0 Å². The molecule has 6 heteroatoms. The predicted molar refractivity (Wildman–Crippen MR) is 85.4 cm³/mol. The second-order valence-electron chi connectivity index (χ2n) is 5.08. The molecule has 0 radical (unpaired) electrons. The van der Waals surface area contributed by atoms with E-state index in [-0.39, 0.29) is 12.4 Å². The Kier molecular flexibility index (Phi) is 6.03. The van der Waals surface area contributed by atoms with Crippen molar-refractivity contribution in [2.45, 2.75) is 26.1 Å². The van der Waals surface area contributed by atoms with Crippen molar-refractivity contribution in [1.29, 1.82) is 0 Å². The highest BCUT2D eigenvalue weighted by Gasteiger charge is 2.23. The van der Waals surface area contributed by atoms with E-state index in [9.17, 15) is 4.79 Å². The van der Waals surface area contributed by atoms with Gasteiger partial charge in [-0.15, -0.1) is 0 Å². The fourth-order valence-corrected chi connectivity index (χ4v) is 2.56. The Balaban J connectivity index is 2.08. The third kappa shape index (κ3) is 3.90. The molecule has 0 bridgehead atoms. The highest BCUT2D eigenvalue weighted by Crippen LogP contribution is 2.30. The van der Waals surface area contributed by atoms with E-state index in [0.717, 1.165) is 29.8 Å². The zero-order chi connectivity index (χ0) is 15.9. The number of amides is 1. The van der Waals surface area contributed by atoms with Crippen LogP contribution in [0.3, 0.4) is 0 Å². The van der Waals surface area contributed by atoms with E-state index in [1.54, 1.807) is 19.1 Å². The predicted octanol–water partition coefficient (Wildman–Crippen LogP) is 2.63. The van der Waals surface area contributed by atoms with Crippen molar-refractivity contribution >= 4 is 17.5 Å². The van der Waals surface area contributed by atoms with Gasteiger partial charge in [0.15, 0.2) is 6.29 Å². The molecule has 0 aromatic heterocycles. The van der Waals surface area contributed by atoms with E-state index in [1.165, 1.54) is 0 Å². The number of ether oxygens (including phenoxy) is 3. The molecule has 0 atom stereocenters. The molecule has 0 saturated heterocycles. The van der Waals surface area contributed by atoms with E-state index in [0.29, 0.717) is 19.7 Å². The summed E-state index contributed by atoms with van der Waals surface area (Å²) in [5, 5.41) is 3.28. The minimum absolute atomic E-state index is 0.275. The van der Waals surface area contributed by atoms with E-state index >= 15 is 0 Å². The molecule has 0 fully saturated rings. The van der Waals surface area contributed by atoms with Crippen LogP contribution in [-0.4, -0.2) is 46.3 Å². The first kappa shape index (κ1) is 16.6. The van der Waals surface area contributed by atoms with Crippen LogP contribution in [0, 0.1) is 0 Å². The largest absolute Gasteiger partial charge is 0.449 e. The van der Waals surface area contributed by atoms with Gasteiger partial charge in [0.05, 0.1) is 18.8 Å². The van der Waals surface area contributed by atoms with Crippen molar-refractivity contribution in [1.82, 2.24) is 0 Å². The first-order chi connectivity index (χ1) is 10.7. The van der Waals surface area contributed by atoms with Gasteiger partial charge in [0.1, 0.15) is 0 Å².